The minimum absolute atomic E-state index is 0.0651. The Balaban J connectivity index is 1.20. The van der Waals surface area contributed by atoms with Crippen molar-refractivity contribution in [3.8, 4) is 22.6 Å². The van der Waals surface area contributed by atoms with Crippen LogP contribution >= 0.6 is 11.3 Å². The van der Waals surface area contributed by atoms with Gasteiger partial charge in [-0.05, 0) is 72.8 Å². The van der Waals surface area contributed by atoms with Crippen LogP contribution in [0.15, 0.2) is 103 Å². The van der Waals surface area contributed by atoms with Crippen molar-refractivity contribution in [3.05, 3.63) is 108 Å². The minimum atomic E-state index is -0.462. The Hall–Kier alpha value is -5.06. The van der Waals surface area contributed by atoms with Crippen LogP contribution < -0.4 is 15.5 Å². The van der Waals surface area contributed by atoms with Crippen LogP contribution in [0.2, 0.25) is 0 Å². The van der Waals surface area contributed by atoms with Crippen LogP contribution in [0.3, 0.4) is 0 Å². The largest absolute Gasteiger partial charge is 0.374 e. The molecule has 10 heteroatoms. The number of fused-ring (bicyclic) bond motifs is 1. The number of thiophene rings is 1. The van der Waals surface area contributed by atoms with Crippen molar-refractivity contribution in [3.63, 3.8) is 0 Å². The molecule has 43 heavy (non-hydrogen) atoms. The molecular formula is C33H29N7O2S. The number of anilines is 4. The van der Waals surface area contributed by atoms with Gasteiger partial charge in [0.1, 0.15) is 11.9 Å². The van der Waals surface area contributed by atoms with E-state index in [4.69, 9.17) is 9.97 Å². The lowest BCUT2D eigenvalue weighted by Gasteiger charge is -2.23. The summed E-state index contributed by atoms with van der Waals surface area (Å²) in [6.07, 6.45) is 5.31. The number of amides is 1. The molecule has 1 atom stereocenters. The molecule has 0 spiro atoms. The summed E-state index contributed by atoms with van der Waals surface area (Å²) in [5, 5.41) is 18.7. The molecule has 9 nitrogen and oxygen atoms in total. The van der Waals surface area contributed by atoms with E-state index in [9.17, 15) is 9.90 Å². The highest BCUT2D eigenvalue weighted by Gasteiger charge is 2.22. The highest BCUT2D eigenvalue weighted by atomic mass is 32.1. The molecule has 3 N–H and O–H groups in total. The number of pyridine rings is 1. The first-order chi connectivity index (χ1) is 21.1. The quantitative estimate of drug-likeness (QED) is 0.190. The molecule has 1 aliphatic heterocycles. The van der Waals surface area contributed by atoms with Crippen LogP contribution in [0.1, 0.15) is 17.7 Å². The molecule has 7 rings (SSSR count). The van der Waals surface area contributed by atoms with Crippen LogP contribution in [0, 0.1) is 0 Å². The predicted molar refractivity (Wildman–Crippen MR) is 171 cm³/mol. The van der Waals surface area contributed by atoms with Crippen molar-refractivity contribution in [2.75, 3.05) is 22.1 Å². The summed E-state index contributed by atoms with van der Waals surface area (Å²) in [6, 6.07) is 27.3. The van der Waals surface area contributed by atoms with E-state index in [-0.39, 0.29) is 5.91 Å². The number of hydrogen-bond acceptors (Lipinski definition) is 8. The third-order valence-electron chi connectivity index (χ3n) is 7.42. The van der Waals surface area contributed by atoms with Crippen molar-refractivity contribution >= 4 is 45.9 Å². The Bertz CT molecular complexity index is 1900. The maximum atomic E-state index is 12.7. The van der Waals surface area contributed by atoms with Crippen molar-refractivity contribution in [1.29, 1.82) is 0 Å². The van der Waals surface area contributed by atoms with Gasteiger partial charge in [-0.2, -0.15) is 0 Å². The molecule has 1 saturated heterocycles. The monoisotopic (exact) mass is 587 g/mol. The molecule has 0 aliphatic carbocycles. The first kappa shape index (κ1) is 26.8. The molecule has 6 aromatic rings. The molecule has 0 bridgehead atoms. The summed E-state index contributed by atoms with van der Waals surface area (Å²) < 4.78 is 2.01. The second kappa shape index (κ2) is 11.7. The highest BCUT2D eigenvalue weighted by Crippen LogP contribution is 2.34. The number of carbonyl (C=O) groups excluding carboxylic acids is 1. The van der Waals surface area contributed by atoms with Crippen molar-refractivity contribution in [1.82, 2.24) is 19.4 Å². The zero-order chi connectivity index (χ0) is 29.2. The predicted octanol–water partition coefficient (Wildman–Crippen LogP) is 6.36. The molecule has 1 unspecified atom stereocenters. The Morgan fingerprint density at radius 3 is 2.74 bits per heavy atom. The van der Waals surface area contributed by atoms with E-state index in [0.29, 0.717) is 23.8 Å². The van der Waals surface area contributed by atoms with Crippen LogP contribution in [-0.2, 0) is 11.2 Å². The van der Waals surface area contributed by atoms with Gasteiger partial charge in [0, 0.05) is 46.4 Å². The first-order valence-corrected chi connectivity index (χ1v) is 15.0. The molecule has 1 fully saturated rings. The third kappa shape index (κ3) is 5.70. The Kier molecular flexibility index (Phi) is 7.28. The number of benzene rings is 2. The van der Waals surface area contributed by atoms with Gasteiger partial charge in [0.2, 0.25) is 11.9 Å². The minimum Gasteiger partial charge on any atom is -0.374 e. The standard InChI is InChI=1S/C33H29N7O2S/c41-29(21-26-11-6-18-43-26)35-23-8-3-7-22(19-23)31-32(40-16-2-1-12-28(40)38-31)27-14-15-34-33(37-27)36-24-9-4-10-25(20-24)39-17-5-13-30(39)42/h1-4,6-12,14-16,18-20,30,42H,5,13,17,21H2,(H,35,41)(H,34,36,37). The van der Waals surface area contributed by atoms with Crippen molar-refractivity contribution in [2.45, 2.75) is 25.5 Å². The number of aliphatic hydroxyl groups is 1. The van der Waals surface area contributed by atoms with E-state index in [2.05, 4.69) is 15.6 Å². The lowest BCUT2D eigenvalue weighted by Crippen LogP contribution is -2.28. The van der Waals surface area contributed by atoms with Gasteiger partial charge in [0.05, 0.1) is 23.5 Å². The maximum absolute atomic E-state index is 12.7. The van der Waals surface area contributed by atoms with E-state index < -0.39 is 6.23 Å². The smallest absolute Gasteiger partial charge is 0.229 e. The van der Waals surface area contributed by atoms with Gasteiger partial charge in [-0.3, -0.25) is 9.20 Å². The van der Waals surface area contributed by atoms with E-state index in [1.165, 1.54) is 0 Å². The highest BCUT2D eigenvalue weighted by molar-refractivity contribution is 7.10. The number of imidazole rings is 1. The van der Waals surface area contributed by atoms with E-state index in [0.717, 1.165) is 58.2 Å². The summed E-state index contributed by atoms with van der Waals surface area (Å²) in [6.45, 7) is 0.827. The number of aliphatic hydroxyl groups excluding tert-OH is 1. The summed E-state index contributed by atoms with van der Waals surface area (Å²) in [5.74, 6) is 0.382. The average molecular weight is 588 g/mol. The van der Waals surface area contributed by atoms with E-state index in [1.54, 1.807) is 17.5 Å². The Labute approximate surface area is 252 Å². The number of hydrogen-bond donors (Lipinski definition) is 3. The lowest BCUT2D eigenvalue weighted by atomic mass is 10.1. The van der Waals surface area contributed by atoms with Crippen LogP contribution in [-0.4, -0.2) is 43.1 Å². The molecule has 5 heterocycles. The van der Waals surface area contributed by atoms with Crippen LogP contribution in [0.4, 0.5) is 23.0 Å². The average Bonchev–Trinajstić information content (AvgIpc) is 3.78. The van der Waals surface area contributed by atoms with Crippen molar-refractivity contribution in [2.24, 2.45) is 0 Å². The molecular weight excluding hydrogens is 558 g/mol. The Morgan fingerprint density at radius 2 is 1.88 bits per heavy atom. The molecule has 214 valence electrons. The fourth-order valence-electron chi connectivity index (χ4n) is 5.46. The number of rotatable bonds is 8. The second-order valence-corrected chi connectivity index (χ2v) is 11.4. The Morgan fingerprint density at radius 1 is 0.977 bits per heavy atom. The van der Waals surface area contributed by atoms with E-state index >= 15 is 0 Å². The van der Waals surface area contributed by atoms with Crippen LogP contribution in [0.5, 0.6) is 0 Å². The SMILES string of the molecule is O=C(Cc1cccs1)Nc1cccc(-c2nc3ccccn3c2-c2ccnc(Nc3cccc(N4CCCC4O)c3)n2)c1. The third-order valence-corrected chi connectivity index (χ3v) is 8.29. The molecule has 2 aromatic carbocycles. The molecule has 0 radical (unpaired) electrons. The van der Waals surface area contributed by atoms with Gasteiger partial charge in [-0.25, -0.2) is 15.0 Å². The number of carbonyl (C=O) groups is 1. The summed E-state index contributed by atoms with van der Waals surface area (Å²) in [7, 11) is 0. The second-order valence-electron chi connectivity index (χ2n) is 10.4. The van der Waals surface area contributed by atoms with Gasteiger partial charge in [0.15, 0.2) is 0 Å². The molecule has 1 aliphatic rings. The van der Waals surface area contributed by atoms with Crippen molar-refractivity contribution < 1.29 is 9.90 Å². The first-order valence-electron chi connectivity index (χ1n) is 14.2. The summed E-state index contributed by atoms with van der Waals surface area (Å²) in [5.41, 5.74) is 6.39. The van der Waals surface area contributed by atoms with Gasteiger partial charge < -0.3 is 20.6 Å². The number of nitrogens with zero attached hydrogens (tertiary/aromatic N) is 5. The molecule has 1 amide bonds. The topological polar surface area (TPSA) is 108 Å². The molecule has 4 aromatic heterocycles. The molecule has 0 saturated carbocycles. The zero-order valence-electron chi connectivity index (χ0n) is 23.2. The fourth-order valence-corrected chi connectivity index (χ4v) is 6.16. The number of aromatic nitrogens is 4. The lowest BCUT2D eigenvalue weighted by molar-refractivity contribution is -0.115. The van der Waals surface area contributed by atoms with Gasteiger partial charge in [-0.15, -0.1) is 11.3 Å². The summed E-state index contributed by atoms with van der Waals surface area (Å²) in [4.78, 5) is 30.0. The van der Waals surface area contributed by atoms with Gasteiger partial charge in [0.25, 0.3) is 0 Å². The maximum Gasteiger partial charge on any atom is 0.229 e. The fraction of sp³-hybridized carbons (Fsp3) is 0.152. The normalized spacial score (nSPS) is 14.7. The zero-order valence-corrected chi connectivity index (χ0v) is 24.0. The van der Waals surface area contributed by atoms with E-state index in [1.807, 2.05) is 106 Å². The number of nitrogens with one attached hydrogen (secondary N) is 2. The van der Waals surface area contributed by atoms with Gasteiger partial charge >= 0.3 is 0 Å². The van der Waals surface area contributed by atoms with Gasteiger partial charge in [-0.1, -0.05) is 30.3 Å². The summed E-state index contributed by atoms with van der Waals surface area (Å²) >= 11 is 1.57. The van der Waals surface area contributed by atoms with Crippen LogP contribution in [0.25, 0.3) is 28.3 Å².